The number of nitrogens with one attached hydrogen (secondary N) is 1. The summed E-state index contributed by atoms with van der Waals surface area (Å²) in [5.74, 6) is -0.0449. The van der Waals surface area contributed by atoms with E-state index in [0.717, 1.165) is 28.7 Å². The number of benzene rings is 2. The zero-order valence-corrected chi connectivity index (χ0v) is 17.5. The summed E-state index contributed by atoms with van der Waals surface area (Å²) in [6.07, 6.45) is 1.64. The number of nitrogens with zero attached hydrogens (tertiary/aromatic N) is 4. The molecule has 5 rings (SSSR count). The Labute approximate surface area is 180 Å². The third-order valence-corrected chi connectivity index (χ3v) is 5.66. The first-order chi connectivity index (χ1) is 14.6. The van der Waals surface area contributed by atoms with Crippen molar-refractivity contribution in [1.29, 1.82) is 0 Å². The molecule has 2 heterocycles. The molecule has 1 N–H and O–H groups in total. The molecular weight excluding hydrogens is 450 g/mol. The second-order valence-corrected chi connectivity index (χ2v) is 8.17. The molecule has 0 spiro atoms. The normalized spacial score (nSPS) is 15.9. The second kappa shape index (κ2) is 7.56. The number of halogens is 1. The molecule has 152 valence electrons. The van der Waals surface area contributed by atoms with E-state index in [-0.39, 0.29) is 17.9 Å². The molecular formula is C21H18BrN5O3. The second-order valence-electron chi connectivity index (χ2n) is 7.26. The Bertz CT molecular complexity index is 1120. The van der Waals surface area contributed by atoms with Gasteiger partial charge in [0.2, 0.25) is 0 Å². The van der Waals surface area contributed by atoms with Gasteiger partial charge in [0.05, 0.1) is 17.9 Å². The Kier molecular flexibility index (Phi) is 4.74. The Balaban J connectivity index is 1.42. The molecule has 3 aromatic rings. The molecule has 2 fully saturated rings. The smallest absolute Gasteiger partial charge is 0.414 e. The molecule has 1 aromatic heterocycles. The van der Waals surface area contributed by atoms with Crippen LogP contribution in [0.1, 0.15) is 34.9 Å². The number of ether oxygens (including phenoxy) is 1. The molecule has 1 saturated heterocycles. The van der Waals surface area contributed by atoms with Gasteiger partial charge >= 0.3 is 6.09 Å². The molecule has 30 heavy (non-hydrogen) atoms. The van der Waals surface area contributed by atoms with E-state index >= 15 is 0 Å². The van der Waals surface area contributed by atoms with Crippen LogP contribution in [0.4, 0.5) is 16.2 Å². The minimum atomic E-state index is -0.382. The molecule has 1 saturated carbocycles. The molecule has 2 amide bonds. The molecule has 1 aliphatic heterocycles. The highest BCUT2D eigenvalue weighted by Crippen LogP contribution is 2.42. The van der Waals surface area contributed by atoms with E-state index in [2.05, 4.69) is 31.6 Å². The molecule has 2 aliphatic rings. The summed E-state index contributed by atoms with van der Waals surface area (Å²) in [6.45, 7) is 0.850. The summed E-state index contributed by atoms with van der Waals surface area (Å²) in [7, 11) is 0. The predicted octanol–water partition coefficient (Wildman–Crippen LogP) is 4.12. The number of hydrogen-bond donors (Lipinski definition) is 1. The minimum Gasteiger partial charge on any atom is -0.447 e. The molecule has 9 heteroatoms. The summed E-state index contributed by atoms with van der Waals surface area (Å²) in [5, 5.41) is 11.3. The van der Waals surface area contributed by atoms with Crippen LogP contribution in [0.15, 0.2) is 53.0 Å². The van der Waals surface area contributed by atoms with Crippen LogP contribution in [0.25, 0.3) is 5.69 Å². The number of carbonyl (C=O) groups excluding carboxylic acids is 2. The Morgan fingerprint density at radius 2 is 1.93 bits per heavy atom. The quantitative estimate of drug-likeness (QED) is 0.609. The predicted molar refractivity (Wildman–Crippen MR) is 114 cm³/mol. The van der Waals surface area contributed by atoms with E-state index in [1.54, 1.807) is 22.9 Å². The van der Waals surface area contributed by atoms with Crippen LogP contribution in [0, 0.1) is 0 Å². The number of rotatable bonds is 5. The van der Waals surface area contributed by atoms with Gasteiger partial charge in [0.25, 0.3) is 5.91 Å². The number of carbonyl (C=O) groups is 2. The summed E-state index contributed by atoms with van der Waals surface area (Å²) >= 11 is 3.44. The van der Waals surface area contributed by atoms with Gasteiger partial charge in [-0.25, -0.2) is 9.48 Å². The molecule has 2 aromatic carbocycles. The van der Waals surface area contributed by atoms with Gasteiger partial charge in [-0.05, 0) is 55.3 Å². The van der Waals surface area contributed by atoms with Crippen LogP contribution >= 0.6 is 15.9 Å². The first-order valence-electron chi connectivity index (χ1n) is 9.67. The van der Waals surface area contributed by atoms with Crippen LogP contribution in [0.5, 0.6) is 0 Å². The monoisotopic (exact) mass is 467 g/mol. The van der Waals surface area contributed by atoms with E-state index < -0.39 is 0 Å². The van der Waals surface area contributed by atoms with Gasteiger partial charge in [-0.3, -0.25) is 9.69 Å². The number of amides is 2. The maximum atomic E-state index is 13.0. The molecule has 0 atom stereocenters. The van der Waals surface area contributed by atoms with E-state index in [1.165, 1.54) is 4.90 Å². The van der Waals surface area contributed by atoms with Crippen LogP contribution in [-0.4, -0.2) is 40.1 Å². The van der Waals surface area contributed by atoms with Gasteiger partial charge < -0.3 is 10.1 Å². The van der Waals surface area contributed by atoms with E-state index in [0.29, 0.717) is 30.2 Å². The van der Waals surface area contributed by atoms with Gasteiger partial charge in [0.1, 0.15) is 6.61 Å². The minimum absolute atomic E-state index is 0.273. The lowest BCUT2D eigenvalue weighted by Gasteiger charge is -2.14. The first-order valence-corrected chi connectivity index (χ1v) is 10.5. The van der Waals surface area contributed by atoms with Crippen LogP contribution in [-0.2, 0) is 4.74 Å². The molecule has 1 aliphatic carbocycles. The van der Waals surface area contributed by atoms with Crippen molar-refractivity contribution >= 4 is 39.3 Å². The standard InChI is InChI=1S/C21H18BrN5O3/c22-14-6-8-16(9-7-14)27-19(13-4-5-13)18(24-25-27)20(28)23-15-2-1-3-17(12-15)26-10-11-30-21(26)29/h1-3,6-9,12-13H,4-5,10-11H2,(H,23,28). The lowest BCUT2D eigenvalue weighted by Crippen LogP contribution is -2.23. The van der Waals surface area contributed by atoms with Gasteiger partial charge in [-0.15, -0.1) is 5.10 Å². The van der Waals surface area contributed by atoms with Crippen LogP contribution in [0.2, 0.25) is 0 Å². The van der Waals surface area contributed by atoms with Crippen molar-refractivity contribution in [3.8, 4) is 5.69 Å². The molecule has 0 radical (unpaired) electrons. The van der Waals surface area contributed by atoms with Gasteiger partial charge in [0.15, 0.2) is 5.69 Å². The topological polar surface area (TPSA) is 89.3 Å². The summed E-state index contributed by atoms with van der Waals surface area (Å²) in [5.41, 5.74) is 3.27. The van der Waals surface area contributed by atoms with Crippen molar-refractivity contribution in [3.63, 3.8) is 0 Å². The van der Waals surface area contributed by atoms with Crippen molar-refractivity contribution in [3.05, 3.63) is 64.4 Å². The molecule has 0 bridgehead atoms. The van der Waals surface area contributed by atoms with Crippen molar-refractivity contribution in [2.45, 2.75) is 18.8 Å². The van der Waals surface area contributed by atoms with E-state index in [4.69, 9.17) is 4.74 Å². The third kappa shape index (κ3) is 3.56. The van der Waals surface area contributed by atoms with E-state index in [1.807, 2.05) is 30.3 Å². The van der Waals surface area contributed by atoms with Crippen molar-refractivity contribution in [2.24, 2.45) is 0 Å². The maximum absolute atomic E-state index is 13.0. The number of anilines is 2. The van der Waals surface area contributed by atoms with Gasteiger partial charge in [-0.1, -0.05) is 27.2 Å². The van der Waals surface area contributed by atoms with Crippen molar-refractivity contribution < 1.29 is 14.3 Å². The number of cyclic esters (lactones) is 1. The molecule has 0 unspecified atom stereocenters. The fraction of sp³-hybridized carbons (Fsp3) is 0.238. The molecule has 8 nitrogen and oxygen atoms in total. The Morgan fingerprint density at radius 3 is 2.63 bits per heavy atom. The van der Waals surface area contributed by atoms with Gasteiger partial charge in [-0.2, -0.15) is 0 Å². The lowest BCUT2D eigenvalue weighted by molar-refractivity contribution is 0.102. The van der Waals surface area contributed by atoms with Crippen LogP contribution in [0.3, 0.4) is 0 Å². The summed E-state index contributed by atoms with van der Waals surface area (Å²) in [6, 6.07) is 14.9. The highest BCUT2D eigenvalue weighted by molar-refractivity contribution is 9.10. The first kappa shape index (κ1) is 18.8. The number of hydrogen-bond acceptors (Lipinski definition) is 5. The highest BCUT2D eigenvalue weighted by Gasteiger charge is 2.34. The Hall–Kier alpha value is -3.20. The fourth-order valence-electron chi connectivity index (χ4n) is 3.52. The van der Waals surface area contributed by atoms with Crippen LogP contribution < -0.4 is 10.2 Å². The van der Waals surface area contributed by atoms with Gasteiger partial charge in [0, 0.05) is 21.8 Å². The number of aromatic nitrogens is 3. The van der Waals surface area contributed by atoms with E-state index in [9.17, 15) is 9.59 Å². The average Bonchev–Trinajstić information content (AvgIpc) is 3.33. The van der Waals surface area contributed by atoms with Crippen molar-refractivity contribution in [2.75, 3.05) is 23.4 Å². The SMILES string of the molecule is O=C(Nc1cccc(N2CCOC2=O)c1)c1nnn(-c2ccc(Br)cc2)c1C1CC1. The fourth-order valence-corrected chi connectivity index (χ4v) is 3.78. The zero-order valence-electron chi connectivity index (χ0n) is 15.9. The zero-order chi connectivity index (χ0) is 20.7. The maximum Gasteiger partial charge on any atom is 0.414 e. The Morgan fingerprint density at radius 1 is 1.13 bits per heavy atom. The lowest BCUT2D eigenvalue weighted by atomic mass is 10.2. The van der Waals surface area contributed by atoms with Crippen molar-refractivity contribution in [1.82, 2.24) is 15.0 Å². The average molecular weight is 468 g/mol. The largest absolute Gasteiger partial charge is 0.447 e. The third-order valence-electron chi connectivity index (χ3n) is 5.13. The highest BCUT2D eigenvalue weighted by atomic mass is 79.9. The summed E-state index contributed by atoms with van der Waals surface area (Å²) in [4.78, 5) is 26.4. The summed E-state index contributed by atoms with van der Waals surface area (Å²) < 4.78 is 7.70.